The smallest absolute Gasteiger partial charge is 0.306 e. The van der Waals surface area contributed by atoms with Gasteiger partial charge in [-0.3, -0.25) is 14.4 Å². The van der Waals surface area contributed by atoms with E-state index in [2.05, 4.69) is 10.6 Å². The highest BCUT2D eigenvalue weighted by Gasteiger charge is 2.12. The van der Waals surface area contributed by atoms with E-state index in [0.717, 1.165) is 11.1 Å². The van der Waals surface area contributed by atoms with Crippen LogP contribution in [-0.2, 0) is 19.1 Å². The summed E-state index contributed by atoms with van der Waals surface area (Å²) in [6.07, 6.45) is -0.214. The molecule has 2 amide bonds. The fourth-order valence-corrected chi connectivity index (χ4v) is 3.23. The van der Waals surface area contributed by atoms with Crippen molar-refractivity contribution in [2.45, 2.75) is 26.7 Å². The summed E-state index contributed by atoms with van der Waals surface area (Å²) in [7, 11) is 1.57. The number of ether oxygens (including phenoxy) is 3. The predicted octanol–water partition coefficient (Wildman–Crippen LogP) is 5.00. The van der Waals surface area contributed by atoms with Gasteiger partial charge in [-0.15, -0.1) is 0 Å². The van der Waals surface area contributed by atoms with Gasteiger partial charge in [0.05, 0.1) is 13.5 Å². The Labute approximate surface area is 204 Å². The zero-order valence-corrected chi connectivity index (χ0v) is 19.9. The number of para-hydroxylation sites is 2. The molecule has 0 aromatic heterocycles. The van der Waals surface area contributed by atoms with Crippen LogP contribution in [0.1, 0.15) is 24.0 Å². The van der Waals surface area contributed by atoms with Crippen LogP contribution >= 0.6 is 0 Å². The molecule has 0 unspecified atom stereocenters. The van der Waals surface area contributed by atoms with Crippen molar-refractivity contribution in [3.05, 3.63) is 77.9 Å². The fraction of sp³-hybridized carbons (Fsp3) is 0.222. The maximum absolute atomic E-state index is 12.2. The lowest BCUT2D eigenvalue weighted by atomic mass is 10.1. The van der Waals surface area contributed by atoms with Gasteiger partial charge in [-0.2, -0.15) is 0 Å². The van der Waals surface area contributed by atoms with Crippen molar-refractivity contribution in [3.8, 4) is 17.2 Å². The molecule has 0 heterocycles. The van der Waals surface area contributed by atoms with Crippen LogP contribution in [-0.4, -0.2) is 31.5 Å². The summed E-state index contributed by atoms with van der Waals surface area (Å²) in [5.41, 5.74) is 3.22. The van der Waals surface area contributed by atoms with Crippen LogP contribution in [0.25, 0.3) is 0 Å². The van der Waals surface area contributed by atoms with Crippen molar-refractivity contribution >= 4 is 29.2 Å². The molecular formula is C27H28N2O6. The zero-order chi connectivity index (χ0) is 25.2. The van der Waals surface area contributed by atoms with E-state index in [-0.39, 0.29) is 18.7 Å². The molecule has 0 saturated carbocycles. The molecule has 0 aliphatic heterocycles. The fourth-order valence-electron chi connectivity index (χ4n) is 3.23. The Morgan fingerprint density at radius 3 is 2.20 bits per heavy atom. The topological polar surface area (TPSA) is 103 Å². The number of rotatable bonds is 10. The molecule has 3 aromatic carbocycles. The van der Waals surface area contributed by atoms with Crippen LogP contribution in [0.5, 0.6) is 17.2 Å². The van der Waals surface area contributed by atoms with Gasteiger partial charge in [0.25, 0.3) is 5.91 Å². The average molecular weight is 477 g/mol. The second kappa shape index (κ2) is 12.2. The Kier molecular flexibility index (Phi) is 8.83. The van der Waals surface area contributed by atoms with Crippen LogP contribution in [0.4, 0.5) is 11.4 Å². The van der Waals surface area contributed by atoms with E-state index in [4.69, 9.17) is 14.2 Å². The molecule has 3 rings (SSSR count). The van der Waals surface area contributed by atoms with Crippen LogP contribution in [0.3, 0.4) is 0 Å². The monoisotopic (exact) mass is 476 g/mol. The second-order valence-electron chi connectivity index (χ2n) is 7.85. The third kappa shape index (κ3) is 7.89. The van der Waals surface area contributed by atoms with Crippen LogP contribution in [0, 0.1) is 13.8 Å². The molecule has 3 aromatic rings. The highest BCUT2D eigenvalue weighted by atomic mass is 16.5. The van der Waals surface area contributed by atoms with Crippen molar-refractivity contribution in [2.24, 2.45) is 0 Å². The van der Waals surface area contributed by atoms with Crippen molar-refractivity contribution in [3.63, 3.8) is 0 Å². The number of nitrogens with one attached hydrogen (secondary N) is 2. The summed E-state index contributed by atoms with van der Waals surface area (Å²) in [4.78, 5) is 36.1. The first-order valence-electron chi connectivity index (χ1n) is 11.1. The van der Waals surface area contributed by atoms with Gasteiger partial charge in [0, 0.05) is 17.8 Å². The molecule has 8 nitrogen and oxygen atoms in total. The number of hydrogen-bond donors (Lipinski definition) is 2. The first-order chi connectivity index (χ1) is 16.8. The Bertz CT molecular complexity index is 1190. The number of carbonyl (C=O) groups excluding carboxylic acids is 3. The third-order valence-corrected chi connectivity index (χ3v) is 5.01. The van der Waals surface area contributed by atoms with Gasteiger partial charge < -0.3 is 24.8 Å². The van der Waals surface area contributed by atoms with E-state index in [9.17, 15) is 14.4 Å². The molecule has 0 fully saturated rings. The molecule has 35 heavy (non-hydrogen) atoms. The second-order valence-corrected chi connectivity index (χ2v) is 7.85. The number of esters is 1. The Balaban J connectivity index is 1.39. The minimum absolute atomic E-state index is 0.0724. The molecular weight excluding hydrogens is 448 g/mol. The van der Waals surface area contributed by atoms with Crippen LogP contribution in [0.2, 0.25) is 0 Å². The summed E-state index contributed by atoms with van der Waals surface area (Å²) in [6, 6.07) is 19.7. The molecule has 0 aliphatic rings. The lowest BCUT2D eigenvalue weighted by Crippen LogP contribution is -2.22. The molecule has 0 saturated heterocycles. The summed E-state index contributed by atoms with van der Waals surface area (Å²) >= 11 is 0. The van der Waals surface area contributed by atoms with Gasteiger partial charge in [-0.25, -0.2) is 0 Å². The van der Waals surface area contributed by atoms with E-state index in [1.807, 2.05) is 38.1 Å². The van der Waals surface area contributed by atoms with Gasteiger partial charge in [0.15, 0.2) is 18.1 Å². The van der Waals surface area contributed by atoms with Crippen molar-refractivity contribution in [2.75, 3.05) is 24.4 Å². The maximum atomic E-state index is 12.2. The van der Waals surface area contributed by atoms with Gasteiger partial charge in [-0.1, -0.05) is 29.8 Å². The van der Waals surface area contributed by atoms with Crippen molar-refractivity contribution in [1.29, 1.82) is 0 Å². The lowest BCUT2D eigenvalue weighted by molar-refractivity contribution is -0.147. The number of aryl methyl sites for hydroxylation is 2. The van der Waals surface area contributed by atoms with Gasteiger partial charge in [0.2, 0.25) is 5.91 Å². The Morgan fingerprint density at radius 1 is 0.800 bits per heavy atom. The number of hydrogen-bond acceptors (Lipinski definition) is 6. The van der Waals surface area contributed by atoms with Crippen LogP contribution in [0.15, 0.2) is 66.7 Å². The van der Waals surface area contributed by atoms with Crippen LogP contribution < -0.4 is 20.1 Å². The third-order valence-electron chi connectivity index (χ3n) is 5.01. The quantitative estimate of drug-likeness (QED) is 0.399. The molecule has 0 spiro atoms. The minimum Gasteiger partial charge on any atom is -0.493 e. The zero-order valence-electron chi connectivity index (χ0n) is 19.9. The summed E-state index contributed by atoms with van der Waals surface area (Å²) in [5.74, 6) is 0.351. The van der Waals surface area contributed by atoms with E-state index in [1.165, 1.54) is 0 Å². The molecule has 0 radical (unpaired) electrons. The first kappa shape index (κ1) is 25.3. The summed E-state index contributed by atoms with van der Waals surface area (Å²) in [6.45, 7) is 3.43. The SMILES string of the molecule is COc1ccccc1Oc1ccc(NC(=O)CCC(=O)OCC(=O)Nc2ccc(C)cc2C)cc1. The van der Waals surface area contributed by atoms with E-state index >= 15 is 0 Å². The Morgan fingerprint density at radius 2 is 1.51 bits per heavy atom. The molecule has 0 atom stereocenters. The normalized spacial score (nSPS) is 10.3. The highest BCUT2D eigenvalue weighted by Crippen LogP contribution is 2.31. The summed E-state index contributed by atoms with van der Waals surface area (Å²) < 4.78 is 16.0. The number of methoxy groups -OCH3 is 1. The van der Waals surface area contributed by atoms with Gasteiger partial charge >= 0.3 is 5.97 Å². The van der Waals surface area contributed by atoms with E-state index in [1.54, 1.807) is 49.6 Å². The average Bonchev–Trinajstić information content (AvgIpc) is 2.85. The molecule has 182 valence electrons. The number of amides is 2. The maximum Gasteiger partial charge on any atom is 0.306 e. The number of carbonyl (C=O) groups is 3. The molecule has 0 bridgehead atoms. The predicted molar refractivity (Wildman–Crippen MR) is 133 cm³/mol. The van der Waals surface area contributed by atoms with Crippen molar-refractivity contribution in [1.82, 2.24) is 0 Å². The van der Waals surface area contributed by atoms with E-state index < -0.39 is 18.5 Å². The minimum atomic E-state index is -0.628. The number of benzene rings is 3. The number of anilines is 2. The summed E-state index contributed by atoms with van der Waals surface area (Å²) in [5, 5.41) is 5.42. The Hall–Kier alpha value is -4.33. The molecule has 2 N–H and O–H groups in total. The van der Waals surface area contributed by atoms with Gasteiger partial charge in [-0.05, 0) is 61.9 Å². The lowest BCUT2D eigenvalue weighted by Gasteiger charge is -2.11. The molecule has 0 aliphatic carbocycles. The van der Waals surface area contributed by atoms with E-state index in [0.29, 0.717) is 28.6 Å². The van der Waals surface area contributed by atoms with Crippen molar-refractivity contribution < 1.29 is 28.6 Å². The van der Waals surface area contributed by atoms with Gasteiger partial charge in [0.1, 0.15) is 5.75 Å². The first-order valence-corrected chi connectivity index (χ1v) is 11.1. The highest BCUT2D eigenvalue weighted by molar-refractivity contribution is 5.94. The largest absolute Gasteiger partial charge is 0.493 e. The standard InChI is InChI=1S/C27H28N2O6/c1-18-8-13-22(19(2)16-18)29-26(31)17-34-27(32)15-14-25(30)28-20-9-11-21(12-10-20)35-24-7-5-4-6-23(24)33-3/h4-13,16H,14-15,17H2,1-3H3,(H,28,30)(H,29,31). The molecule has 8 heteroatoms.